The molecule has 0 aliphatic rings. The predicted molar refractivity (Wildman–Crippen MR) is 108 cm³/mol. The van der Waals surface area contributed by atoms with Crippen LogP contribution >= 0.6 is 23.1 Å². The summed E-state index contributed by atoms with van der Waals surface area (Å²) < 4.78 is 11.8. The van der Waals surface area contributed by atoms with Gasteiger partial charge in [-0.15, -0.1) is 10.2 Å². The summed E-state index contributed by atoms with van der Waals surface area (Å²) >= 11 is 3.06. The van der Waals surface area contributed by atoms with Crippen molar-refractivity contribution in [3.05, 3.63) is 66.6 Å². The number of thioether (sulfide) groups is 1. The molecule has 6 nitrogen and oxygen atoms in total. The van der Waals surface area contributed by atoms with E-state index >= 15 is 0 Å². The van der Waals surface area contributed by atoms with Gasteiger partial charge in [0.25, 0.3) is 0 Å². The van der Waals surface area contributed by atoms with Gasteiger partial charge in [-0.2, -0.15) is 0 Å². The van der Waals surface area contributed by atoms with Gasteiger partial charge in [0.1, 0.15) is 12.0 Å². The van der Waals surface area contributed by atoms with Crippen LogP contribution in [0.2, 0.25) is 0 Å². The Bertz CT molecular complexity index is 1020. The minimum Gasteiger partial charge on any atom is -0.495 e. The standard InChI is InChI=1S/C19H16N4O2S2/c1-24-16-10-6-5-9-15(16)21-18-22-23-19(27-18)26-12-14-11-25-17(20-14)13-7-3-2-4-8-13/h2-11H,12H2,1H3,(H,21,22). The average molecular weight is 396 g/mol. The molecule has 0 fully saturated rings. The maximum absolute atomic E-state index is 5.57. The Morgan fingerprint density at radius 2 is 1.89 bits per heavy atom. The minimum atomic E-state index is 0.627. The summed E-state index contributed by atoms with van der Waals surface area (Å²) in [5.41, 5.74) is 2.69. The fraction of sp³-hybridized carbons (Fsp3) is 0.105. The molecule has 0 bridgehead atoms. The van der Waals surface area contributed by atoms with E-state index in [1.54, 1.807) is 25.1 Å². The van der Waals surface area contributed by atoms with Crippen molar-refractivity contribution >= 4 is 33.9 Å². The third-order valence-electron chi connectivity index (χ3n) is 3.67. The molecule has 0 aliphatic heterocycles. The van der Waals surface area contributed by atoms with Crippen molar-refractivity contribution in [3.63, 3.8) is 0 Å². The lowest BCUT2D eigenvalue weighted by atomic mass is 10.2. The first-order chi connectivity index (χ1) is 13.3. The Kier molecular flexibility index (Phi) is 5.36. The lowest BCUT2D eigenvalue weighted by Crippen LogP contribution is -1.93. The second-order valence-corrected chi connectivity index (χ2v) is 7.70. The number of rotatable bonds is 7. The van der Waals surface area contributed by atoms with Gasteiger partial charge < -0.3 is 14.5 Å². The van der Waals surface area contributed by atoms with Crippen molar-refractivity contribution in [1.82, 2.24) is 15.2 Å². The van der Waals surface area contributed by atoms with Gasteiger partial charge >= 0.3 is 0 Å². The average Bonchev–Trinajstić information content (AvgIpc) is 3.37. The second-order valence-electron chi connectivity index (χ2n) is 5.50. The van der Waals surface area contributed by atoms with Gasteiger partial charge in [-0.1, -0.05) is 53.4 Å². The van der Waals surface area contributed by atoms with E-state index in [-0.39, 0.29) is 0 Å². The van der Waals surface area contributed by atoms with Crippen molar-refractivity contribution in [2.24, 2.45) is 0 Å². The third kappa shape index (κ3) is 4.29. The summed E-state index contributed by atoms with van der Waals surface area (Å²) in [5.74, 6) is 2.06. The zero-order valence-electron chi connectivity index (χ0n) is 14.5. The molecule has 0 atom stereocenters. The first kappa shape index (κ1) is 17.6. The molecular weight excluding hydrogens is 380 g/mol. The van der Waals surface area contributed by atoms with Gasteiger partial charge in [-0.3, -0.25) is 0 Å². The van der Waals surface area contributed by atoms with E-state index in [1.165, 1.54) is 11.3 Å². The molecule has 136 valence electrons. The number of anilines is 2. The van der Waals surface area contributed by atoms with Gasteiger partial charge in [0.2, 0.25) is 11.0 Å². The Morgan fingerprint density at radius 1 is 1.07 bits per heavy atom. The Hall–Kier alpha value is -2.84. The van der Waals surface area contributed by atoms with E-state index in [0.29, 0.717) is 16.8 Å². The molecule has 0 amide bonds. The molecule has 0 radical (unpaired) electrons. The molecule has 0 saturated carbocycles. The number of aromatic nitrogens is 3. The Labute approximate surface area is 164 Å². The zero-order valence-corrected chi connectivity index (χ0v) is 16.1. The topological polar surface area (TPSA) is 73.1 Å². The number of nitrogens with one attached hydrogen (secondary N) is 1. The molecule has 1 N–H and O–H groups in total. The summed E-state index contributed by atoms with van der Waals surface area (Å²) in [7, 11) is 1.64. The number of hydrogen-bond acceptors (Lipinski definition) is 8. The number of methoxy groups -OCH3 is 1. The van der Waals surface area contributed by atoms with Crippen molar-refractivity contribution in [2.75, 3.05) is 12.4 Å². The van der Waals surface area contributed by atoms with Crippen LogP contribution in [-0.4, -0.2) is 22.3 Å². The number of oxazole rings is 1. The molecule has 0 aliphatic carbocycles. The molecular formula is C19H16N4O2S2. The van der Waals surface area contributed by atoms with Crippen LogP contribution in [0.4, 0.5) is 10.8 Å². The van der Waals surface area contributed by atoms with Crippen LogP contribution in [0.5, 0.6) is 5.75 Å². The maximum Gasteiger partial charge on any atom is 0.226 e. The fourth-order valence-corrected chi connectivity index (χ4v) is 4.05. The third-order valence-corrected chi connectivity index (χ3v) is 5.68. The van der Waals surface area contributed by atoms with Crippen LogP contribution in [-0.2, 0) is 5.75 Å². The molecule has 0 unspecified atom stereocenters. The predicted octanol–water partition coefficient (Wildman–Crippen LogP) is 5.24. The van der Waals surface area contributed by atoms with Gasteiger partial charge in [0.05, 0.1) is 18.5 Å². The highest BCUT2D eigenvalue weighted by Crippen LogP contribution is 2.32. The summed E-state index contributed by atoms with van der Waals surface area (Å²) in [6.45, 7) is 0. The zero-order chi connectivity index (χ0) is 18.5. The summed E-state index contributed by atoms with van der Waals surface area (Å²) in [4.78, 5) is 4.53. The van der Waals surface area contributed by atoms with Crippen molar-refractivity contribution in [1.29, 1.82) is 0 Å². The number of ether oxygens (including phenoxy) is 1. The largest absolute Gasteiger partial charge is 0.495 e. The molecule has 2 aromatic carbocycles. The minimum absolute atomic E-state index is 0.627. The van der Waals surface area contributed by atoms with Crippen LogP contribution < -0.4 is 10.1 Å². The molecule has 2 heterocycles. The van der Waals surface area contributed by atoms with E-state index in [2.05, 4.69) is 20.5 Å². The van der Waals surface area contributed by atoms with Gasteiger partial charge in [0.15, 0.2) is 4.34 Å². The van der Waals surface area contributed by atoms with Crippen LogP contribution in [0.1, 0.15) is 5.69 Å². The fourth-order valence-electron chi connectivity index (χ4n) is 2.40. The molecule has 27 heavy (non-hydrogen) atoms. The monoisotopic (exact) mass is 396 g/mol. The van der Waals surface area contributed by atoms with Crippen LogP contribution in [0, 0.1) is 0 Å². The number of hydrogen-bond donors (Lipinski definition) is 1. The van der Waals surface area contributed by atoms with Gasteiger partial charge in [-0.25, -0.2) is 4.98 Å². The van der Waals surface area contributed by atoms with Gasteiger partial charge in [0, 0.05) is 11.3 Å². The first-order valence-electron chi connectivity index (χ1n) is 8.18. The van der Waals surface area contributed by atoms with Crippen molar-refractivity contribution in [3.8, 4) is 17.2 Å². The van der Waals surface area contributed by atoms with Crippen LogP contribution in [0.3, 0.4) is 0 Å². The normalized spacial score (nSPS) is 10.7. The molecule has 0 saturated heterocycles. The maximum atomic E-state index is 5.57. The molecule has 4 rings (SSSR count). The lowest BCUT2D eigenvalue weighted by Gasteiger charge is -2.07. The Balaban J connectivity index is 1.38. The van der Waals surface area contributed by atoms with E-state index in [1.807, 2.05) is 54.6 Å². The number of para-hydroxylation sites is 2. The highest BCUT2D eigenvalue weighted by atomic mass is 32.2. The summed E-state index contributed by atoms with van der Waals surface area (Å²) in [5, 5.41) is 12.4. The lowest BCUT2D eigenvalue weighted by molar-refractivity contribution is 0.417. The van der Waals surface area contributed by atoms with E-state index in [4.69, 9.17) is 9.15 Å². The van der Waals surface area contributed by atoms with E-state index in [9.17, 15) is 0 Å². The highest BCUT2D eigenvalue weighted by Gasteiger charge is 2.10. The van der Waals surface area contributed by atoms with Crippen LogP contribution in [0.25, 0.3) is 11.5 Å². The summed E-state index contributed by atoms with van der Waals surface area (Å²) in [6.07, 6.45) is 1.68. The highest BCUT2D eigenvalue weighted by molar-refractivity contribution is 8.00. The van der Waals surface area contributed by atoms with E-state index < -0.39 is 0 Å². The number of benzene rings is 2. The SMILES string of the molecule is COc1ccccc1Nc1nnc(SCc2coc(-c3ccccc3)n2)s1. The molecule has 2 aromatic heterocycles. The van der Waals surface area contributed by atoms with E-state index in [0.717, 1.165) is 27.0 Å². The Morgan fingerprint density at radius 3 is 2.74 bits per heavy atom. The van der Waals surface area contributed by atoms with Crippen molar-refractivity contribution in [2.45, 2.75) is 10.1 Å². The quantitative estimate of drug-likeness (QED) is 0.428. The number of nitrogens with zero attached hydrogens (tertiary/aromatic N) is 3. The van der Waals surface area contributed by atoms with Crippen LogP contribution in [0.15, 0.2) is 69.6 Å². The second kappa shape index (κ2) is 8.24. The smallest absolute Gasteiger partial charge is 0.226 e. The summed E-state index contributed by atoms with van der Waals surface area (Å²) in [6, 6.07) is 17.5. The van der Waals surface area contributed by atoms with Crippen molar-refractivity contribution < 1.29 is 9.15 Å². The first-order valence-corrected chi connectivity index (χ1v) is 9.98. The molecule has 0 spiro atoms. The molecule has 8 heteroatoms. The molecule has 4 aromatic rings. The van der Waals surface area contributed by atoms with Gasteiger partial charge in [-0.05, 0) is 24.3 Å².